The minimum absolute atomic E-state index is 0.380. The summed E-state index contributed by atoms with van der Waals surface area (Å²) in [5, 5.41) is 0. The van der Waals surface area contributed by atoms with Crippen LogP contribution < -0.4 is 14.9 Å². The number of aryl methyl sites for hydroxylation is 1. The molecule has 1 heterocycles. The van der Waals surface area contributed by atoms with Crippen LogP contribution in [0.2, 0.25) is 0 Å². The number of methoxy groups -OCH3 is 1. The van der Waals surface area contributed by atoms with Gasteiger partial charge in [0.15, 0.2) is 0 Å². The third-order valence-electron chi connectivity index (χ3n) is 5.23. The van der Waals surface area contributed by atoms with Gasteiger partial charge in [0.05, 0.1) is 18.3 Å². The van der Waals surface area contributed by atoms with Gasteiger partial charge in [0.25, 0.3) is 0 Å². The second-order valence-electron chi connectivity index (χ2n) is 7.77. The van der Waals surface area contributed by atoms with Crippen LogP contribution in [0, 0.1) is 6.92 Å². The van der Waals surface area contributed by atoms with Crippen molar-refractivity contribution in [3.63, 3.8) is 0 Å². The zero-order valence-corrected chi connectivity index (χ0v) is 16.5. The molecule has 1 saturated heterocycles. The lowest BCUT2D eigenvalue weighted by molar-refractivity contribution is 0.00578. The second-order valence-corrected chi connectivity index (χ2v) is 7.77. The van der Waals surface area contributed by atoms with Gasteiger partial charge in [0, 0.05) is 5.46 Å². The van der Waals surface area contributed by atoms with Gasteiger partial charge in [-0.05, 0) is 58.4 Å². The van der Waals surface area contributed by atoms with E-state index in [1.165, 1.54) is 0 Å². The normalized spacial score (nSPS) is 18.0. The van der Waals surface area contributed by atoms with Crippen molar-refractivity contribution >= 4 is 12.6 Å². The molecule has 1 fully saturated rings. The van der Waals surface area contributed by atoms with E-state index in [0.29, 0.717) is 6.61 Å². The highest BCUT2D eigenvalue weighted by atomic mass is 16.7. The van der Waals surface area contributed by atoms with Crippen LogP contribution in [0.4, 0.5) is 0 Å². The second kappa shape index (κ2) is 6.97. The van der Waals surface area contributed by atoms with Crippen molar-refractivity contribution in [1.29, 1.82) is 0 Å². The van der Waals surface area contributed by atoms with Crippen molar-refractivity contribution in [2.45, 2.75) is 52.4 Å². The highest BCUT2D eigenvalue weighted by Crippen LogP contribution is 2.37. The Hall–Kier alpha value is -1.98. The maximum absolute atomic E-state index is 6.21. The molecule has 0 atom stereocenters. The monoisotopic (exact) mass is 354 g/mol. The molecule has 0 N–H and O–H groups in total. The van der Waals surface area contributed by atoms with E-state index in [2.05, 4.69) is 40.7 Å². The molecule has 0 spiro atoms. The van der Waals surface area contributed by atoms with Crippen LogP contribution in [0.5, 0.6) is 11.5 Å². The summed E-state index contributed by atoms with van der Waals surface area (Å²) in [6, 6.07) is 14.0. The molecule has 1 aliphatic heterocycles. The van der Waals surface area contributed by atoms with Crippen LogP contribution in [-0.2, 0) is 15.9 Å². The zero-order chi connectivity index (χ0) is 18.9. The molecule has 0 aromatic heterocycles. The molecule has 4 nitrogen and oxygen atoms in total. The molecular weight excluding hydrogens is 327 g/mol. The number of hydrogen-bond acceptors (Lipinski definition) is 4. The summed E-state index contributed by atoms with van der Waals surface area (Å²) in [4.78, 5) is 0. The summed E-state index contributed by atoms with van der Waals surface area (Å²) in [5.41, 5.74) is 2.39. The first-order valence-corrected chi connectivity index (χ1v) is 8.94. The predicted molar refractivity (Wildman–Crippen MR) is 104 cm³/mol. The van der Waals surface area contributed by atoms with Gasteiger partial charge >= 0.3 is 7.12 Å². The molecule has 0 radical (unpaired) electrons. The van der Waals surface area contributed by atoms with Crippen LogP contribution in [-0.4, -0.2) is 25.4 Å². The average molecular weight is 354 g/mol. The van der Waals surface area contributed by atoms with Crippen LogP contribution in [0.25, 0.3) is 0 Å². The van der Waals surface area contributed by atoms with Gasteiger partial charge < -0.3 is 18.8 Å². The predicted octanol–water partition coefficient (Wildman–Crippen LogP) is 3.88. The van der Waals surface area contributed by atoms with Crippen LogP contribution in [0.15, 0.2) is 42.5 Å². The molecular formula is C21H27BO4. The fourth-order valence-electron chi connectivity index (χ4n) is 2.84. The van der Waals surface area contributed by atoms with E-state index in [4.69, 9.17) is 18.8 Å². The van der Waals surface area contributed by atoms with E-state index in [1.54, 1.807) is 7.11 Å². The summed E-state index contributed by atoms with van der Waals surface area (Å²) in [6.07, 6.45) is 0. The van der Waals surface area contributed by atoms with E-state index < -0.39 is 7.12 Å². The minimum Gasteiger partial charge on any atom is -0.497 e. The van der Waals surface area contributed by atoms with Gasteiger partial charge in [-0.25, -0.2) is 0 Å². The maximum atomic E-state index is 6.21. The minimum atomic E-state index is -0.439. The van der Waals surface area contributed by atoms with Crippen molar-refractivity contribution in [2.24, 2.45) is 0 Å². The molecule has 0 amide bonds. The van der Waals surface area contributed by atoms with Gasteiger partial charge in [-0.15, -0.1) is 0 Å². The lowest BCUT2D eigenvalue weighted by Crippen LogP contribution is -2.41. The van der Waals surface area contributed by atoms with Crippen molar-refractivity contribution < 1.29 is 18.8 Å². The summed E-state index contributed by atoms with van der Waals surface area (Å²) in [5.74, 6) is 1.62. The molecule has 138 valence electrons. The summed E-state index contributed by atoms with van der Waals surface area (Å²) >= 11 is 0. The Morgan fingerprint density at radius 3 is 2.12 bits per heavy atom. The Bertz CT molecular complexity index is 752. The Balaban J connectivity index is 1.80. The summed E-state index contributed by atoms with van der Waals surface area (Å²) < 4.78 is 23.7. The van der Waals surface area contributed by atoms with E-state index >= 15 is 0 Å². The highest BCUT2D eigenvalue weighted by molar-refractivity contribution is 6.63. The quantitative estimate of drug-likeness (QED) is 0.764. The standard InChI is InChI=1S/C21H27BO4/c1-15-7-12-19(24-14-16-8-10-17(23-6)11-9-16)18(13-15)22-25-20(2,3)21(4,5)26-22/h7-13H,14H2,1-6H3. The first kappa shape index (κ1) is 18.8. The number of benzene rings is 2. The van der Waals surface area contributed by atoms with Crippen molar-refractivity contribution in [1.82, 2.24) is 0 Å². The molecule has 0 aliphatic carbocycles. The van der Waals surface area contributed by atoms with Crippen LogP contribution in [0.1, 0.15) is 38.8 Å². The Morgan fingerprint density at radius 1 is 0.923 bits per heavy atom. The van der Waals surface area contributed by atoms with E-state index in [1.807, 2.05) is 36.4 Å². The fourth-order valence-corrected chi connectivity index (χ4v) is 2.84. The maximum Gasteiger partial charge on any atom is 0.498 e. The Labute approximate surface area is 156 Å². The Kier molecular flexibility index (Phi) is 5.04. The molecule has 1 aliphatic rings. The van der Waals surface area contributed by atoms with Gasteiger partial charge in [-0.1, -0.05) is 29.8 Å². The number of ether oxygens (including phenoxy) is 2. The molecule has 0 unspecified atom stereocenters. The van der Waals surface area contributed by atoms with E-state index in [0.717, 1.165) is 28.1 Å². The van der Waals surface area contributed by atoms with Crippen molar-refractivity contribution in [2.75, 3.05) is 7.11 Å². The largest absolute Gasteiger partial charge is 0.498 e. The SMILES string of the molecule is COc1ccc(COc2ccc(C)cc2B2OC(C)(C)C(C)(C)O2)cc1. The van der Waals surface area contributed by atoms with Crippen molar-refractivity contribution in [3.05, 3.63) is 53.6 Å². The fraction of sp³-hybridized carbons (Fsp3) is 0.429. The topological polar surface area (TPSA) is 36.9 Å². The van der Waals surface area contributed by atoms with Gasteiger partial charge in [-0.2, -0.15) is 0 Å². The molecule has 2 aromatic carbocycles. The van der Waals surface area contributed by atoms with E-state index in [-0.39, 0.29) is 11.2 Å². The lowest BCUT2D eigenvalue weighted by Gasteiger charge is -2.32. The Morgan fingerprint density at radius 2 is 1.54 bits per heavy atom. The summed E-state index contributed by atoms with van der Waals surface area (Å²) in [7, 11) is 1.22. The molecule has 26 heavy (non-hydrogen) atoms. The van der Waals surface area contributed by atoms with Crippen molar-refractivity contribution in [3.8, 4) is 11.5 Å². The first-order chi connectivity index (χ1) is 12.2. The van der Waals surface area contributed by atoms with Crippen LogP contribution in [0.3, 0.4) is 0 Å². The summed E-state index contributed by atoms with van der Waals surface area (Å²) in [6.45, 7) is 10.8. The molecule has 3 rings (SSSR count). The van der Waals surface area contributed by atoms with Gasteiger partial charge in [0.2, 0.25) is 0 Å². The smallest absolute Gasteiger partial charge is 0.497 e. The molecule has 5 heteroatoms. The number of rotatable bonds is 5. The third kappa shape index (κ3) is 3.74. The number of hydrogen-bond donors (Lipinski definition) is 0. The van der Waals surface area contributed by atoms with E-state index in [9.17, 15) is 0 Å². The van der Waals surface area contributed by atoms with Gasteiger partial charge in [0.1, 0.15) is 18.1 Å². The highest BCUT2D eigenvalue weighted by Gasteiger charge is 2.52. The molecule has 2 aromatic rings. The zero-order valence-electron chi connectivity index (χ0n) is 16.5. The molecule has 0 bridgehead atoms. The first-order valence-electron chi connectivity index (χ1n) is 8.94. The average Bonchev–Trinajstić information content (AvgIpc) is 2.82. The lowest BCUT2D eigenvalue weighted by atomic mass is 9.77. The third-order valence-corrected chi connectivity index (χ3v) is 5.23. The van der Waals surface area contributed by atoms with Crippen LogP contribution >= 0.6 is 0 Å². The molecule has 0 saturated carbocycles. The van der Waals surface area contributed by atoms with Gasteiger partial charge in [-0.3, -0.25) is 0 Å².